The van der Waals surface area contributed by atoms with Gasteiger partial charge in [-0.15, -0.1) is 0 Å². The summed E-state index contributed by atoms with van der Waals surface area (Å²) in [6, 6.07) is 9.33. The molecular weight excluding hydrogens is 426 g/mol. The molecule has 3 aromatic rings. The molecule has 0 saturated heterocycles. The molecular formula is C17H13N9O6. The van der Waals surface area contributed by atoms with E-state index in [1.54, 1.807) is 12.1 Å². The first-order valence-electron chi connectivity index (χ1n) is 8.64. The summed E-state index contributed by atoms with van der Waals surface area (Å²) in [5, 5.41) is 22.2. The van der Waals surface area contributed by atoms with Crippen LogP contribution in [0.25, 0.3) is 0 Å². The summed E-state index contributed by atoms with van der Waals surface area (Å²) in [5.41, 5.74) is 8.29. The molecule has 2 amide bonds. The quantitative estimate of drug-likeness (QED) is 0.289. The minimum Gasteiger partial charge on any atom is -0.276 e. The molecule has 162 valence electrons. The van der Waals surface area contributed by atoms with Crippen LogP contribution in [0.4, 0.5) is 23.0 Å². The second kappa shape index (κ2) is 9.53. The number of hydrogen-bond acceptors (Lipinski definition) is 11. The topological polar surface area (TPSA) is 207 Å². The Balaban J connectivity index is 1.71. The maximum atomic E-state index is 12.2. The third kappa shape index (κ3) is 5.03. The molecule has 0 saturated carbocycles. The number of nitro groups is 2. The highest BCUT2D eigenvalue weighted by Crippen LogP contribution is 2.27. The Morgan fingerprint density at radius 2 is 1.41 bits per heavy atom. The average Bonchev–Trinajstić information content (AvgIpc) is 2.81. The summed E-state index contributed by atoms with van der Waals surface area (Å²) in [6.07, 6.45) is 2.36. The van der Waals surface area contributed by atoms with Crippen LogP contribution in [0.15, 0.2) is 55.0 Å². The maximum Gasteiger partial charge on any atom is 0.356 e. The van der Waals surface area contributed by atoms with Crippen molar-refractivity contribution in [1.29, 1.82) is 0 Å². The first-order chi connectivity index (χ1) is 15.4. The third-order valence-corrected chi connectivity index (χ3v) is 3.83. The standard InChI is InChI=1S/C17H13N9O6/c27-16(10-4-6-11(7-5-10)25(29)30)23-21-14-13(26(31)32)15(20-9-19-14)22-24-17(28)12-3-1-2-8-18-12/h1-9H,(H,23,27)(H,24,28)(H2,19,20,21,22). The van der Waals surface area contributed by atoms with Gasteiger partial charge in [-0.3, -0.25) is 56.5 Å². The number of rotatable bonds is 8. The number of nitro benzene ring substituents is 1. The van der Waals surface area contributed by atoms with Crippen LogP contribution in [0.2, 0.25) is 0 Å². The number of benzene rings is 1. The highest BCUT2D eigenvalue weighted by molar-refractivity contribution is 5.95. The molecule has 32 heavy (non-hydrogen) atoms. The van der Waals surface area contributed by atoms with E-state index >= 15 is 0 Å². The molecule has 0 atom stereocenters. The fraction of sp³-hybridized carbons (Fsp3) is 0. The molecule has 0 radical (unpaired) electrons. The second-order valence-corrected chi connectivity index (χ2v) is 5.85. The van der Waals surface area contributed by atoms with Gasteiger partial charge in [0.1, 0.15) is 12.0 Å². The molecule has 1 aromatic carbocycles. The number of nitrogens with zero attached hydrogens (tertiary/aromatic N) is 5. The van der Waals surface area contributed by atoms with Crippen molar-refractivity contribution in [3.63, 3.8) is 0 Å². The largest absolute Gasteiger partial charge is 0.356 e. The highest BCUT2D eigenvalue weighted by atomic mass is 16.6. The summed E-state index contributed by atoms with van der Waals surface area (Å²) >= 11 is 0. The lowest BCUT2D eigenvalue weighted by Crippen LogP contribution is -2.32. The third-order valence-electron chi connectivity index (χ3n) is 3.83. The van der Waals surface area contributed by atoms with Gasteiger partial charge >= 0.3 is 5.69 Å². The smallest absolute Gasteiger partial charge is 0.276 e. The van der Waals surface area contributed by atoms with E-state index in [0.717, 1.165) is 18.5 Å². The number of carbonyl (C=O) groups is 2. The van der Waals surface area contributed by atoms with E-state index in [-0.39, 0.29) is 28.6 Å². The molecule has 15 heteroatoms. The normalized spacial score (nSPS) is 10.0. The fourth-order valence-electron chi connectivity index (χ4n) is 2.33. The zero-order chi connectivity index (χ0) is 23.1. The van der Waals surface area contributed by atoms with E-state index in [4.69, 9.17) is 0 Å². The van der Waals surface area contributed by atoms with Crippen LogP contribution < -0.4 is 21.7 Å². The zero-order valence-corrected chi connectivity index (χ0v) is 15.9. The summed E-state index contributed by atoms with van der Waals surface area (Å²) in [4.78, 5) is 56.3. The van der Waals surface area contributed by atoms with Crippen LogP contribution in [0, 0.1) is 20.2 Å². The lowest BCUT2D eigenvalue weighted by Gasteiger charge is -2.11. The van der Waals surface area contributed by atoms with E-state index in [2.05, 4.69) is 36.7 Å². The Morgan fingerprint density at radius 1 is 0.781 bits per heavy atom. The van der Waals surface area contributed by atoms with Gasteiger partial charge in [0, 0.05) is 23.9 Å². The molecule has 0 aliphatic carbocycles. The molecule has 0 unspecified atom stereocenters. The number of nitrogens with one attached hydrogen (secondary N) is 4. The number of pyridine rings is 1. The molecule has 3 rings (SSSR count). The number of amides is 2. The number of aromatic nitrogens is 3. The number of anilines is 2. The molecule has 15 nitrogen and oxygen atoms in total. The molecule has 0 spiro atoms. The summed E-state index contributed by atoms with van der Waals surface area (Å²) in [6.45, 7) is 0. The van der Waals surface area contributed by atoms with Crippen LogP contribution in [-0.4, -0.2) is 36.6 Å². The SMILES string of the molecule is O=C(NNc1ncnc(NNC(=O)c2ccccn2)c1[N+](=O)[O-])c1ccc([N+](=O)[O-])cc1. The van der Waals surface area contributed by atoms with Gasteiger partial charge in [0.15, 0.2) is 0 Å². The van der Waals surface area contributed by atoms with Gasteiger partial charge in [-0.1, -0.05) is 6.07 Å². The van der Waals surface area contributed by atoms with Crippen molar-refractivity contribution in [2.24, 2.45) is 0 Å². The van der Waals surface area contributed by atoms with Crippen molar-refractivity contribution in [2.45, 2.75) is 0 Å². The van der Waals surface area contributed by atoms with Gasteiger partial charge in [-0.05, 0) is 24.3 Å². The lowest BCUT2D eigenvalue weighted by atomic mass is 10.2. The Bertz CT molecular complexity index is 1170. The van der Waals surface area contributed by atoms with Gasteiger partial charge in [0.05, 0.1) is 9.85 Å². The van der Waals surface area contributed by atoms with Crippen molar-refractivity contribution in [2.75, 3.05) is 10.9 Å². The van der Waals surface area contributed by atoms with E-state index in [9.17, 15) is 29.8 Å². The van der Waals surface area contributed by atoms with Crippen LogP contribution >= 0.6 is 0 Å². The van der Waals surface area contributed by atoms with Gasteiger partial charge in [0.25, 0.3) is 17.5 Å². The first-order valence-corrected chi connectivity index (χ1v) is 8.64. The molecule has 0 fully saturated rings. The molecule has 2 aromatic heterocycles. The van der Waals surface area contributed by atoms with E-state index in [1.165, 1.54) is 24.4 Å². The van der Waals surface area contributed by atoms with Crippen LogP contribution in [0.3, 0.4) is 0 Å². The predicted molar refractivity (Wildman–Crippen MR) is 108 cm³/mol. The van der Waals surface area contributed by atoms with E-state index in [1.807, 2.05) is 0 Å². The van der Waals surface area contributed by atoms with E-state index in [0.29, 0.717) is 0 Å². The summed E-state index contributed by atoms with van der Waals surface area (Å²) < 4.78 is 0. The second-order valence-electron chi connectivity index (χ2n) is 5.85. The number of carbonyl (C=O) groups excluding carboxylic acids is 2. The fourth-order valence-corrected chi connectivity index (χ4v) is 2.33. The maximum absolute atomic E-state index is 12.2. The minimum absolute atomic E-state index is 0.0563. The van der Waals surface area contributed by atoms with Crippen molar-refractivity contribution in [1.82, 2.24) is 25.8 Å². The van der Waals surface area contributed by atoms with Crippen LogP contribution in [0.5, 0.6) is 0 Å². The van der Waals surface area contributed by atoms with Crippen LogP contribution in [-0.2, 0) is 0 Å². The molecule has 4 N–H and O–H groups in total. The number of hydrogen-bond donors (Lipinski definition) is 4. The van der Waals surface area contributed by atoms with Crippen molar-refractivity contribution < 1.29 is 19.4 Å². The number of non-ortho nitro benzene ring substituents is 1. The summed E-state index contributed by atoms with van der Waals surface area (Å²) in [5.74, 6) is -2.14. The van der Waals surface area contributed by atoms with Gasteiger partial charge in [0.2, 0.25) is 11.6 Å². The Labute approximate surface area is 178 Å². The van der Waals surface area contributed by atoms with Gasteiger partial charge < -0.3 is 0 Å². The molecule has 0 bridgehead atoms. The molecule has 0 aliphatic rings. The minimum atomic E-state index is -0.824. The summed E-state index contributed by atoms with van der Waals surface area (Å²) in [7, 11) is 0. The van der Waals surface area contributed by atoms with E-state index < -0.39 is 27.3 Å². The van der Waals surface area contributed by atoms with Gasteiger partial charge in [-0.25, -0.2) is 9.97 Å². The monoisotopic (exact) mass is 439 g/mol. The van der Waals surface area contributed by atoms with Crippen molar-refractivity contribution >= 4 is 34.8 Å². The van der Waals surface area contributed by atoms with Crippen LogP contribution in [0.1, 0.15) is 20.8 Å². The lowest BCUT2D eigenvalue weighted by molar-refractivity contribution is -0.384. The highest BCUT2D eigenvalue weighted by Gasteiger charge is 2.24. The molecule has 2 heterocycles. The Hall–Kier alpha value is -5.21. The van der Waals surface area contributed by atoms with Crippen molar-refractivity contribution in [3.05, 3.63) is 86.5 Å². The zero-order valence-electron chi connectivity index (χ0n) is 15.9. The predicted octanol–water partition coefficient (Wildman–Crippen LogP) is 1.20. The Morgan fingerprint density at radius 3 is 1.94 bits per heavy atom. The molecule has 0 aliphatic heterocycles. The number of hydrazine groups is 2. The average molecular weight is 439 g/mol. The first kappa shape index (κ1) is 21.5. The van der Waals surface area contributed by atoms with Crippen molar-refractivity contribution in [3.8, 4) is 0 Å². The Kier molecular flexibility index (Phi) is 6.40. The van der Waals surface area contributed by atoms with Gasteiger partial charge in [-0.2, -0.15) is 0 Å².